The van der Waals surface area contributed by atoms with Crippen LogP contribution in [0.4, 0.5) is 0 Å². The van der Waals surface area contributed by atoms with Crippen LogP contribution in [0.25, 0.3) is 0 Å². The number of hydrogen-bond acceptors (Lipinski definition) is 3. The molecule has 0 heterocycles. The summed E-state index contributed by atoms with van der Waals surface area (Å²) >= 11 is 0. The molecule has 17 heavy (non-hydrogen) atoms. The van der Waals surface area contributed by atoms with Gasteiger partial charge in [-0.3, -0.25) is 0 Å². The number of methoxy groups -OCH3 is 2. The van der Waals surface area contributed by atoms with Crippen LogP contribution in [0, 0.1) is 0 Å². The Bertz CT molecular complexity index is 363. The molecule has 1 atom stereocenters. The molecule has 0 aliphatic rings. The number of likely N-dealkylation sites (N-methyl/N-ethyl adjacent to an activating group) is 1. The summed E-state index contributed by atoms with van der Waals surface area (Å²) in [4.78, 5) is 0. The zero-order valence-electron chi connectivity index (χ0n) is 10.8. The molecule has 1 rings (SSSR count). The van der Waals surface area contributed by atoms with Crippen LogP contribution >= 0.6 is 0 Å². The van der Waals surface area contributed by atoms with E-state index in [0.29, 0.717) is 6.04 Å². The third kappa shape index (κ3) is 3.79. The van der Waals surface area contributed by atoms with Gasteiger partial charge in [0.25, 0.3) is 0 Å². The van der Waals surface area contributed by atoms with E-state index in [9.17, 15) is 0 Å². The maximum absolute atomic E-state index is 5.29. The lowest BCUT2D eigenvalue weighted by Gasteiger charge is -2.15. The summed E-state index contributed by atoms with van der Waals surface area (Å²) in [5.74, 6) is 1.54. The van der Waals surface area contributed by atoms with Gasteiger partial charge in [-0.1, -0.05) is 12.1 Å². The van der Waals surface area contributed by atoms with Crippen molar-refractivity contribution in [2.75, 3.05) is 21.3 Å². The molecule has 0 radical (unpaired) electrons. The van der Waals surface area contributed by atoms with E-state index in [-0.39, 0.29) is 0 Å². The highest BCUT2D eigenvalue weighted by Gasteiger charge is 2.08. The first-order chi connectivity index (χ1) is 8.24. The van der Waals surface area contributed by atoms with Gasteiger partial charge in [0.1, 0.15) is 0 Å². The van der Waals surface area contributed by atoms with Gasteiger partial charge in [0.05, 0.1) is 14.2 Å². The Hall–Kier alpha value is -1.48. The maximum atomic E-state index is 5.29. The van der Waals surface area contributed by atoms with Crippen molar-refractivity contribution >= 4 is 0 Å². The van der Waals surface area contributed by atoms with Crippen LogP contribution in [0.15, 0.2) is 30.9 Å². The molecule has 0 aliphatic heterocycles. The minimum atomic E-state index is 0.408. The Morgan fingerprint density at radius 1 is 1.29 bits per heavy atom. The molecule has 1 aromatic rings. The van der Waals surface area contributed by atoms with Gasteiger partial charge in [-0.05, 0) is 37.6 Å². The summed E-state index contributed by atoms with van der Waals surface area (Å²) in [5.41, 5.74) is 1.23. The van der Waals surface area contributed by atoms with Crippen LogP contribution in [0.1, 0.15) is 12.0 Å². The average Bonchev–Trinajstić information content (AvgIpc) is 2.38. The van der Waals surface area contributed by atoms with Crippen molar-refractivity contribution in [1.82, 2.24) is 5.32 Å². The van der Waals surface area contributed by atoms with Crippen LogP contribution in [0.2, 0.25) is 0 Å². The average molecular weight is 235 g/mol. The number of rotatable bonds is 7. The van der Waals surface area contributed by atoms with Crippen LogP contribution in [-0.2, 0) is 6.42 Å². The second-order valence-electron chi connectivity index (χ2n) is 3.90. The number of benzene rings is 1. The van der Waals surface area contributed by atoms with Gasteiger partial charge in [-0.25, -0.2) is 0 Å². The molecule has 94 valence electrons. The fraction of sp³-hybridized carbons (Fsp3) is 0.429. The Morgan fingerprint density at radius 3 is 2.53 bits per heavy atom. The van der Waals surface area contributed by atoms with Crippen molar-refractivity contribution < 1.29 is 9.47 Å². The van der Waals surface area contributed by atoms with Crippen LogP contribution in [0.3, 0.4) is 0 Å². The molecule has 0 aliphatic carbocycles. The maximum Gasteiger partial charge on any atom is 0.160 e. The smallest absolute Gasteiger partial charge is 0.160 e. The van der Waals surface area contributed by atoms with E-state index < -0.39 is 0 Å². The third-order valence-corrected chi connectivity index (χ3v) is 2.79. The summed E-state index contributed by atoms with van der Waals surface area (Å²) < 4.78 is 10.5. The van der Waals surface area contributed by atoms with E-state index in [1.165, 1.54) is 5.56 Å². The lowest BCUT2D eigenvalue weighted by Crippen LogP contribution is -2.26. The molecule has 0 saturated carbocycles. The van der Waals surface area contributed by atoms with Crippen LogP contribution < -0.4 is 14.8 Å². The molecule has 0 spiro atoms. The molecule has 1 unspecified atom stereocenters. The van der Waals surface area contributed by atoms with Crippen LogP contribution in [0.5, 0.6) is 11.5 Å². The van der Waals surface area contributed by atoms with Gasteiger partial charge in [-0.2, -0.15) is 0 Å². The van der Waals surface area contributed by atoms with E-state index in [1.807, 2.05) is 25.3 Å². The number of hydrogen-bond donors (Lipinski definition) is 1. The van der Waals surface area contributed by atoms with Crippen molar-refractivity contribution in [2.45, 2.75) is 18.9 Å². The summed E-state index contributed by atoms with van der Waals surface area (Å²) in [6, 6.07) is 6.43. The van der Waals surface area contributed by atoms with Gasteiger partial charge >= 0.3 is 0 Å². The molecule has 0 saturated heterocycles. The molecule has 0 bridgehead atoms. The highest BCUT2D eigenvalue weighted by atomic mass is 16.5. The largest absolute Gasteiger partial charge is 0.493 e. The van der Waals surface area contributed by atoms with Crippen molar-refractivity contribution in [2.24, 2.45) is 0 Å². The predicted octanol–water partition coefficient (Wildman–Crippen LogP) is 2.41. The van der Waals surface area contributed by atoms with Gasteiger partial charge < -0.3 is 14.8 Å². The minimum Gasteiger partial charge on any atom is -0.493 e. The molecule has 0 fully saturated rings. The monoisotopic (exact) mass is 235 g/mol. The topological polar surface area (TPSA) is 30.5 Å². The fourth-order valence-electron chi connectivity index (χ4n) is 1.80. The first kappa shape index (κ1) is 13.6. The molecule has 1 aromatic carbocycles. The lowest BCUT2D eigenvalue weighted by atomic mass is 10.0. The fourth-order valence-corrected chi connectivity index (χ4v) is 1.80. The van der Waals surface area contributed by atoms with E-state index in [1.54, 1.807) is 14.2 Å². The Kier molecular flexibility index (Phi) is 5.57. The van der Waals surface area contributed by atoms with Crippen molar-refractivity contribution in [3.05, 3.63) is 36.4 Å². The molecular weight excluding hydrogens is 214 g/mol. The molecule has 0 aromatic heterocycles. The minimum absolute atomic E-state index is 0.408. The summed E-state index contributed by atoms with van der Waals surface area (Å²) in [7, 11) is 5.27. The Balaban J connectivity index is 2.80. The summed E-state index contributed by atoms with van der Waals surface area (Å²) in [5, 5.41) is 3.27. The number of ether oxygens (including phenoxy) is 2. The quantitative estimate of drug-likeness (QED) is 0.736. The highest BCUT2D eigenvalue weighted by molar-refractivity contribution is 5.43. The molecule has 1 N–H and O–H groups in total. The normalized spacial score (nSPS) is 11.9. The molecule has 3 heteroatoms. The van der Waals surface area contributed by atoms with Crippen molar-refractivity contribution in [3.8, 4) is 11.5 Å². The van der Waals surface area contributed by atoms with Crippen molar-refractivity contribution in [3.63, 3.8) is 0 Å². The standard InChI is InChI=1S/C14H21NO2/c1-5-6-12(15-2)9-11-7-8-13(16-3)14(10-11)17-4/h5,7-8,10,12,15H,1,6,9H2,2-4H3. The zero-order chi connectivity index (χ0) is 12.7. The van der Waals surface area contributed by atoms with Gasteiger partial charge in [0.15, 0.2) is 11.5 Å². The Labute approximate surface area is 103 Å². The van der Waals surface area contributed by atoms with Crippen molar-refractivity contribution in [1.29, 1.82) is 0 Å². The molecule has 3 nitrogen and oxygen atoms in total. The SMILES string of the molecule is C=CCC(Cc1ccc(OC)c(OC)c1)NC. The summed E-state index contributed by atoms with van der Waals surface area (Å²) in [6.07, 6.45) is 3.83. The van der Waals surface area contributed by atoms with E-state index in [2.05, 4.69) is 18.0 Å². The van der Waals surface area contributed by atoms with Crippen LogP contribution in [-0.4, -0.2) is 27.3 Å². The summed E-state index contributed by atoms with van der Waals surface area (Å²) in [6.45, 7) is 3.77. The van der Waals surface area contributed by atoms with Gasteiger partial charge in [0.2, 0.25) is 0 Å². The second-order valence-corrected chi connectivity index (χ2v) is 3.90. The first-order valence-electron chi connectivity index (χ1n) is 5.74. The number of nitrogens with one attached hydrogen (secondary N) is 1. The van der Waals surface area contributed by atoms with E-state index in [0.717, 1.165) is 24.3 Å². The van der Waals surface area contributed by atoms with E-state index >= 15 is 0 Å². The molecule has 0 amide bonds. The second kappa shape index (κ2) is 6.97. The third-order valence-electron chi connectivity index (χ3n) is 2.79. The lowest BCUT2D eigenvalue weighted by molar-refractivity contribution is 0.354. The predicted molar refractivity (Wildman–Crippen MR) is 70.9 cm³/mol. The Morgan fingerprint density at radius 2 is 2.00 bits per heavy atom. The van der Waals surface area contributed by atoms with Gasteiger partial charge in [-0.15, -0.1) is 6.58 Å². The molecular formula is C14H21NO2. The van der Waals surface area contributed by atoms with E-state index in [4.69, 9.17) is 9.47 Å². The zero-order valence-corrected chi connectivity index (χ0v) is 10.8. The first-order valence-corrected chi connectivity index (χ1v) is 5.74. The van der Waals surface area contributed by atoms with Gasteiger partial charge in [0, 0.05) is 6.04 Å². The highest BCUT2D eigenvalue weighted by Crippen LogP contribution is 2.28.